The molecule has 0 saturated carbocycles. The Hall–Kier alpha value is -5.06. The smallest absolute Gasteiger partial charge is 0.360 e. The molecule has 0 aliphatic rings. The number of oxazole rings is 1. The van der Waals surface area contributed by atoms with Gasteiger partial charge in [0.25, 0.3) is 0 Å². The highest BCUT2D eigenvalue weighted by molar-refractivity contribution is 7.09. The summed E-state index contributed by atoms with van der Waals surface area (Å²) >= 11 is 1.54. The molecular weight excluding hydrogens is 614 g/mol. The van der Waals surface area contributed by atoms with E-state index < -0.39 is 24.0 Å². The molecule has 1 unspecified atom stereocenters. The van der Waals surface area contributed by atoms with Crippen molar-refractivity contribution in [2.24, 2.45) is 0 Å². The first-order chi connectivity index (χ1) is 23.0. The van der Waals surface area contributed by atoms with Gasteiger partial charge in [0.05, 0.1) is 6.04 Å². The minimum atomic E-state index is -0.727. The molecule has 0 bridgehead atoms. The fraction of sp³-hybridized carbons (Fsp3) is 0.243. The minimum absolute atomic E-state index is 0.0746. The van der Waals surface area contributed by atoms with Crippen LogP contribution < -0.4 is 10.6 Å². The summed E-state index contributed by atoms with van der Waals surface area (Å²) < 4.78 is 16.6. The molecule has 0 aliphatic heterocycles. The molecule has 2 atom stereocenters. The maximum absolute atomic E-state index is 13.6. The number of esters is 2. The van der Waals surface area contributed by atoms with Crippen molar-refractivity contribution < 1.29 is 28.3 Å². The van der Waals surface area contributed by atoms with Gasteiger partial charge in [0.2, 0.25) is 5.91 Å². The number of amides is 1. The van der Waals surface area contributed by atoms with Crippen molar-refractivity contribution in [3.8, 4) is 0 Å². The van der Waals surface area contributed by atoms with Crippen LogP contribution in [0.3, 0.4) is 0 Å². The van der Waals surface area contributed by atoms with Gasteiger partial charge < -0.3 is 19.2 Å². The largest absolute Gasteiger partial charge is 0.460 e. The van der Waals surface area contributed by atoms with E-state index in [1.54, 1.807) is 11.3 Å². The molecule has 2 heterocycles. The molecule has 5 rings (SSSR count). The Morgan fingerprint density at radius 2 is 1.38 bits per heavy atom. The van der Waals surface area contributed by atoms with Crippen molar-refractivity contribution >= 4 is 29.2 Å². The maximum atomic E-state index is 13.6. The van der Waals surface area contributed by atoms with E-state index in [2.05, 4.69) is 15.6 Å². The Kier molecular flexibility index (Phi) is 12.5. The highest BCUT2D eigenvalue weighted by Gasteiger charge is 2.28. The summed E-state index contributed by atoms with van der Waals surface area (Å²) in [4.78, 5) is 44.8. The summed E-state index contributed by atoms with van der Waals surface area (Å²) in [6.45, 7) is 0.430. The van der Waals surface area contributed by atoms with Crippen LogP contribution in [0.15, 0.2) is 119 Å². The van der Waals surface area contributed by atoms with E-state index in [9.17, 15) is 14.4 Å². The van der Waals surface area contributed by atoms with Gasteiger partial charge in [-0.05, 0) is 41.0 Å². The quantitative estimate of drug-likeness (QED) is 0.123. The number of rotatable bonds is 17. The normalized spacial score (nSPS) is 12.2. The van der Waals surface area contributed by atoms with E-state index in [0.717, 1.165) is 21.6 Å². The van der Waals surface area contributed by atoms with Crippen LogP contribution in [0.2, 0.25) is 0 Å². The summed E-state index contributed by atoms with van der Waals surface area (Å²) in [6, 6.07) is 31.2. The second-order valence-electron chi connectivity index (χ2n) is 10.9. The number of carbonyl (C=O) groups is 3. The maximum Gasteiger partial charge on any atom is 0.360 e. The molecule has 0 saturated heterocycles. The number of hydrogen-bond donors (Lipinski definition) is 2. The zero-order valence-corrected chi connectivity index (χ0v) is 26.7. The number of nitrogens with zero attached hydrogens (tertiary/aromatic N) is 1. The van der Waals surface area contributed by atoms with E-state index in [-0.39, 0.29) is 37.8 Å². The zero-order chi connectivity index (χ0) is 32.7. The van der Waals surface area contributed by atoms with Crippen LogP contribution in [0.5, 0.6) is 0 Å². The highest BCUT2D eigenvalue weighted by atomic mass is 32.1. The van der Waals surface area contributed by atoms with Crippen LogP contribution in [0.4, 0.5) is 0 Å². The molecule has 0 radical (unpaired) electrons. The van der Waals surface area contributed by atoms with Gasteiger partial charge in [-0.2, -0.15) is 0 Å². The van der Waals surface area contributed by atoms with Gasteiger partial charge in [-0.1, -0.05) is 97.1 Å². The summed E-state index contributed by atoms with van der Waals surface area (Å²) in [5.41, 5.74) is 2.89. The van der Waals surface area contributed by atoms with Gasteiger partial charge >= 0.3 is 11.9 Å². The molecule has 242 valence electrons. The summed E-state index contributed by atoms with van der Waals surface area (Å²) in [5, 5.41) is 8.21. The SMILES string of the molecule is O=C(OCc1ccccc1)c1ncoc1CCNC(=O)C(Cc1cccs1)N[C@@H](CCc1ccccc1)C(=O)OCc1ccccc1. The lowest BCUT2D eigenvalue weighted by Crippen LogP contribution is -2.52. The average molecular weight is 652 g/mol. The second-order valence-corrected chi connectivity index (χ2v) is 11.9. The Morgan fingerprint density at radius 3 is 2.02 bits per heavy atom. The molecule has 3 aromatic carbocycles. The third-order valence-electron chi connectivity index (χ3n) is 7.48. The number of aromatic nitrogens is 1. The fourth-order valence-corrected chi connectivity index (χ4v) is 5.73. The van der Waals surface area contributed by atoms with Gasteiger partial charge in [0.15, 0.2) is 12.1 Å². The van der Waals surface area contributed by atoms with Crippen LogP contribution in [-0.2, 0) is 51.5 Å². The van der Waals surface area contributed by atoms with E-state index in [1.807, 2.05) is 109 Å². The summed E-state index contributed by atoms with van der Waals surface area (Å²) in [7, 11) is 0. The zero-order valence-electron chi connectivity index (χ0n) is 25.9. The highest BCUT2D eigenvalue weighted by Crippen LogP contribution is 2.15. The lowest BCUT2D eigenvalue weighted by atomic mass is 10.0. The van der Waals surface area contributed by atoms with Crippen molar-refractivity contribution in [3.63, 3.8) is 0 Å². The first kappa shape index (κ1) is 33.3. The van der Waals surface area contributed by atoms with Crippen LogP contribution in [0.1, 0.15) is 44.2 Å². The van der Waals surface area contributed by atoms with Gasteiger partial charge in [0, 0.05) is 24.3 Å². The molecule has 10 heteroatoms. The lowest BCUT2D eigenvalue weighted by molar-refractivity contribution is -0.148. The van der Waals surface area contributed by atoms with Crippen molar-refractivity contribution in [1.29, 1.82) is 0 Å². The molecule has 1 amide bonds. The molecular formula is C37H37N3O6S. The number of carbonyl (C=O) groups excluding carboxylic acids is 3. The summed E-state index contributed by atoms with van der Waals surface area (Å²) in [6.07, 6.45) is 2.87. The first-order valence-electron chi connectivity index (χ1n) is 15.5. The lowest BCUT2D eigenvalue weighted by Gasteiger charge is -2.24. The van der Waals surface area contributed by atoms with Gasteiger partial charge in [-0.15, -0.1) is 11.3 Å². The average Bonchev–Trinajstić information content (AvgIpc) is 3.81. The monoisotopic (exact) mass is 651 g/mol. The van der Waals surface area contributed by atoms with Crippen molar-refractivity contribution in [3.05, 3.63) is 148 Å². The summed E-state index contributed by atoms with van der Waals surface area (Å²) in [5.74, 6) is -0.992. The van der Waals surface area contributed by atoms with Crippen LogP contribution in [-0.4, -0.2) is 41.5 Å². The number of nitrogens with one attached hydrogen (secondary N) is 2. The predicted octanol–water partition coefficient (Wildman–Crippen LogP) is 5.70. The number of aryl methyl sites for hydroxylation is 1. The molecule has 2 aromatic heterocycles. The third-order valence-corrected chi connectivity index (χ3v) is 8.37. The van der Waals surface area contributed by atoms with Crippen molar-refractivity contribution in [2.75, 3.05) is 6.54 Å². The Morgan fingerprint density at radius 1 is 0.745 bits per heavy atom. The minimum Gasteiger partial charge on any atom is -0.460 e. The Bertz CT molecular complexity index is 1680. The van der Waals surface area contributed by atoms with E-state index in [0.29, 0.717) is 25.0 Å². The number of benzene rings is 3. The molecule has 5 aromatic rings. The van der Waals surface area contributed by atoms with Gasteiger partial charge in [0.1, 0.15) is 25.0 Å². The third kappa shape index (κ3) is 10.5. The van der Waals surface area contributed by atoms with E-state index in [4.69, 9.17) is 13.9 Å². The van der Waals surface area contributed by atoms with E-state index in [1.165, 1.54) is 6.39 Å². The molecule has 2 N–H and O–H groups in total. The standard InChI is InChI=1S/C37H37N3O6S/c41-35(38-21-20-33-34(39-26-46-33)37(43)45-25-29-15-8-3-9-16-29)32(23-30-17-10-22-47-30)40-31(19-18-27-11-4-1-5-12-27)36(42)44-24-28-13-6-2-7-14-28/h1-17,22,26,31-32,40H,18-21,23-25H2,(H,38,41)/t31-,32?/m0/s1. The van der Waals surface area contributed by atoms with Crippen molar-refractivity contribution in [1.82, 2.24) is 15.6 Å². The molecule has 47 heavy (non-hydrogen) atoms. The van der Waals surface area contributed by atoms with Crippen LogP contribution in [0.25, 0.3) is 0 Å². The number of ether oxygens (including phenoxy) is 2. The van der Waals surface area contributed by atoms with E-state index >= 15 is 0 Å². The topological polar surface area (TPSA) is 120 Å². The second kappa shape index (κ2) is 17.6. The number of thiophene rings is 1. The fourth-order valence-electron chi connectivity index (χ4n) is 4.98. The first-order valence-corrected chi connectivity index (χ1v) is 16.4. The van der Waals surface area contributed by atoms with Crippen molar-refractivity contribution in [2.45, 2.75) is 51.0 Å². The molecule has 0 fully saturated rings. The van der Waals surface area contributed by atoms with Gasteiger partial charge in [-0.25, -0.2) is 9.78 Å². The molecule has 0 aliphatic carbocycles. The Labute approximate surface area is 278 Å². The predicted molar refractivity (Wildman–Crippen MR) is 179 cm³/mol. The number of hydrogen-bond acceptors (Lipinski definition) is 9. The molecule has 9 nitrogen and oxygen atoms in total. The van der Waals surface area contributed by atoms with Gasteiger partial charge in [-0.3, -0.25) is 14.9 Å². The van der Waals surface area contributed by atoms with Crippen LogP contribution in [0, 0.1) is 0 Å². The molecule has 0 spiro atoms. The van der Waals surface area contributed by atoms with Crippen LogP contribution >= 0.6 is 11.3 Å². The Balaban J connectivity index is 1.22.